The molecule has 0 aliphatic carbocycles. The maximum atomic E-state index is 6.25. The molecule has 1 aliphatic rings. The van der Waals surface area contributed by atoms with E-state index >= 15 is 0 Å². The van der Waals surface area contributed by atoms with E-state index in [9.17, 15) is 0 Å². The molecule has 1 aliphatic heterocycles. The van der Waals surface area contributed by atoms with E-state index in [1.54, 1.807) is 6.26 Å². The molecule has 3 aromatic rings. The Kier molecular flexibility index (Phi) is 6.39. The lowest BCUT2D eigenvalue weighted by Gasteiger charge is -2.38. The fourth-order valence-electron chi connectivity index (χ4n) is 4.36. The standard InChI is InChI=1S/C22H29ClN6O/c1-16(2)13-21(22-24-25-26-29(22)15-19-5-4-12-30-19)28-10-8-27(9-11-28)20-14-18(23)7-6-17(20)3/h4-7,12,14,16,21H,8-11,13,15H2,1-3H3/p+1/t21-/m1/s1. The predicted octanol–water partition coefficient (Wildman–Crippen LogP) is 2.77. The fourth-order valence-corrected chi connectivity index (χ4v) is 4.52. The number of tetrazole rings is 1. The lowest BCUT2D eigenvalue weighted by Crippen LogP contribution is -3.15. The van der Waals surface area contributed by atoms with Crippen LogP contribution in [-0.2, 0) is 6.54 Å². The molecule has 1 aromatic carbocycles. The van der Waals surface area contributed by atoms with Gasteiger partial charge in [0.2, 0.25) is 5.82 Å². The van der Waals surface area contributed by atoms with Crippen LogP contribution in [0.25, 0.3) is 0 Å². The number of halogens is 1. The Bertz CT molecular complexity index is 946. The summed E-state index contributed by atoms with van der Waals surface area (Å²) in [6.07, 6.45) is 2.73. The molecule has 1 fully saturated rings. The van der Waals surface area contributed by atoms with E-state index in [4.69, 9.17) is 16.0 Å². The molecule has 8 heteroatoms. The molecule has 4 rings (SSSR count). The van der Waals surface area contributed by atoms with Gasteiger partial charge in [-0.1, -0.05) is 31.5 Å². The third-order valence-electron chi connectivity index (χ3n) is 5.87. The minimum Gasteiger partial charge on any atom is -0.467 e. The van der Waals surface area contributed by atoms with Crippen LogP contribution in [-0.4, -0.2) is 46.4 Å². The van der Waals surface area contributed by atoms with Gasteiger partial charge in [-0.15, -0.1) is 5.10 Å². The minimum atomic E-state index is 0.262. The highest BCUT2D eigenvalue weighted by Gasteiger charge is 2.33. The zero-order chi connectivity index (χ0) is 21.1. The minimum absolute atomic E-state index is 0.262. The fraction of sp³-hybridized carbons (Fsp3) is 0.500. The highest BCUT2D eigenvalue weighted by Crippen LogP contribution is 2.25. The van der Waals surface area contributed by atoms with E-state index < -0.39 is 0 Å². The number of benzene rings is 1. The molecule has 160 valence electrons. The van der Waals surface area contributed by atoms with E-state index in [2.05, 4.69) is 53.3 Å². The van der Waals surface area contributed by atoms with Gasteiger partial charge in [-0.25, -0.2) is 4.68 Å². The second-order valence-corrected chi connectivity index (χ2v) is 8.97. The third-order valence-corrected chi connectivity index (χ3v) is 6.11. The number of aromatic nitrogens is 4. The maximum absolute atomic E-state index is 6.25. The summed E-state index contributed by atoms with van der Waals surface area (Å²) in [4.78, 5) is 3.98. The molecule has 1 saturated heterocycles. The molecule has 7 nitrogen and oxygen atoms in total. The number of quaternary nitrogens is 1. The molecule has 2 aromatic heterocycles. The second kappa shape index (κ2) is 9.18. The van der Waals surface area contributed by atoms with E-state index in [1.165, 1.54) is 16.2 Å². The molecule has 0 unspecified atom stereocenters. The van der Waals surface area contributed by atoms with Gasteiger partial charge in [-0.05, 0) is 53.1 Å². The molecule has 0 radical (unpaired) electrons. The summed E-state index contributed by atoms with van der Waals surface area (Å²) in [5.41, 5.74) is 2.51. The van der Waals surface area contributed by atoms with Crippen molar-refractivity contribution in [3.8, 4) is 0 Å². The first kappa shape index (κ1) is 20.9. The molecular formula is C22H30ClN6O+. The Morgan fingerprint density at radius 1 is 1.20 bits per heavy atom. The number of nitrogens with zero attached hydrogens (tertiary/aromatic N) is 5. The first-order valence-electron chi connectivity index (χ1n) is 10.7. The Morgan fingerprint density at radius 3 is 2.70 bits per heavy atom. The Balaban J connectivity index is 1.51. The first-order chi connectivity index (χ1) is 14.5. The first-order valence-corrected chi connectivity index (χ1v) is 11.0. The van der Waals surface area contributed by atoms with Crippen LogP contribution in [0.4, 0.5) is 5.69 Å². The molecule has 3 heterocycles. The Hall–Kier alpha value is -2.38. The number of rotatable bonds is 7. The van der Waals surface area contributed by atoms with Gasteiger partial charge in [0.1, 0.15) is 18.3 Å². The highest BCUT2D eigenvalue weighted by molar-refractivity contribution is 6.30. The number of hydrogen-bond donors (Lipinski definition) is 1. The van der Waals surface area contributed by atoms with Crippen molar-refractivity contribution in [2.75, 3.05) is 31.1 Å². The highest BCUT2D eigenvalue weighted by atomic mass is 35.5. The summed E-state index contributed by atoms with van der Waals surface area (Å²) >= 11 is 6.25. The van der Waals surface area contributed by atoms with Gasteiger partial charge in [0.15, 0.2) is 0 Å². The quantitative estimate of drug-likeness (QED) is 0.625. The molecule has 0 spiro atoms. The summed E-state index contributed by atoms with van der Waals surface area (Å²) < 4.78 is 7.41. The lowest BCUT2D eigenvalue weighted by atomic mass is 10.0. The predicted molar refractivity (Wildman–Crippen MR) is 117 cm³/mol. The molecule has 0 saturated carbocycles. The monoisotopic (exact) mass is 429 g/mol. The van der Waals surface area contributed by atoms with Crippen LogP contribution in [0, 0.1) is 12.8 Å². The van der Waals surface area contributed by atoms with Crippen LogP contribution in [0.2, 0.25) is 5.02 Å². The van der Waals surface area contributed by atoms with Crippen molar-refractivity contribution in [3.63, 3.8) is 0 Å². The maximum Gasteiger partial charge on any atom is 0.209 e. The number of anilines is 1. The number of piperazine rings is 1. The van der Waals surface area contributed by atoms with Crippen molar-refractivity contribution in [2.24, 2.45) is 5.92 Å². The normalized spacial score (nSPS) is 16.4. The van der Waals surface area contributed by atoms with Crippen LogP contribution in [0.15, 0.2) is 41.0 Å². The van der Waals surface area contributed by atoms with Crippen LogP contribution in [0.3, 0.4) is 0 Å². The summed E-state index contributed by atoms with van der Waals surface area (Å²) in [5.74, 6) is 2.37. The number of furan rings is 1. The molecule has 30 heavy (non-hydrogen) atoms. The number of hydrogen-bond acceptors (Lipinski definition) is 5. The summed E-state index contributed by atoms with van der Waals surface area (Å²) in [6.45, 7) is 11.3. The van der Waals surface area contributed by atoms with Crippen LogP contribution in [0.1, 0.15) is 43.5 Å². The zero-order valence-corrected chi connectivity index (χ0v) is 18.6. The Morgan fingerprint density at radius 2 is 2.00 bits per heavy atom. The summed E-state index contributed by atoms with van der Waals surface area (Å²) in [5, 5.41) is 13.5. The zero-order valence-electron chi connectivity index (χ0n) is 17.9. The van der Waals surface area contributed by atoms with E-state index in [0.717, 1.165) is 49.2 Å². The average Bonchev–Trinajstić information content (AvgIpc) is 3.41. The SMILES string of the molecule is Cc1ccc(Cl)cc1N1CC[NH+]([C@H](CC(C)C)c2nnnn2Cc2ccco2)CC1. The van der Waals surface area contributed by atoms with Gasteiger partial charge >= 0.3 is 0 Å². The van der Waals surface area contributed by atoms with Gasteiger partial charge in [-0.2, -0.15) is 0 Å². The molecule has 1 N–H and O–H groups in total. The molecular weight excluding hydrogens is 400 g/mol. The largest absolute Gasteiger partial charge is 0.467 e. The van der Waals surface area contributed by atoms with Crippen molar-refractivity contribution in [1.29, 1.82) is 0 Å². The molecule has 0 bridgehead atoms. The topological polar surface area (TPSA) is 64.4 Å². The van der Waals surface area contributed by atoms with Crippen LogP contribution < -0.4 is 9.80 Å². The van der Waals surface area contributed by atoms with Crippen molar-refractivity contribution in [1.82, 2.24) is 20.2 Å². The van der Waals surface area contributed by atoms with Gasteiger partial charge in [0.05, 0.1) is 32.4 Å². The number of aryl methyl sites for hydroxylation is 1. The average molecular weight is 430 g/mol. The van der Waals surface area contributed by atoms with E-state index in [1.807, 2.05) is 22.9 Å². The lowest BCUT2D eigenvalue weighted by molar-refractivity contribution is -0.934. The number of nitrogens with one attached hydrogen (secondary N) is 1. The smallest absolute Gasteiger partial charge is 0.209 e. The van der Waals surface area contributed by atoms with E-state index in [0.29, 0.717) is 12.5 Å². The third kappa shape index (κ3) is 4.68. The molecule has 1 atom stereocenters. The molecule has 0 amide bonds. The van der Waals surface area contributed by atoms with Gasteiger partial charge in [-0.3, -0.25) is 0 Å². The second-order valence-electron chi connectivity index (χ2n) is 8.53. The van der Waals surface area contributed by atoms with E-state index in [-0.39, 0.29) is 6.04 Å². The van der Waals surface area contributed by atoms with Gasteiger partial charge < -0.3 is 14.2 Å². The summed E-state index contributed by atoms with van der Waals surface area (Å²) in [6, 6.07) is 10.3. The van der Waals surface area contributed by atoms with Crippen LogP contribution in [0.5, 0.6) is 0 Å². The van der Waals surface area contributed by atoms with Crippen molar-refractivity contribution in [2.45, 2.75) is 39.8 Å². The summed E-state index contributed by atoms with van der Waals surface area (Å²) in [7, 11) is 0. The van der Waals surface area contributed by atoms with Gasteiger partial charge in [0.25, 0.3) is 0 Å². The van der Waals surface area contributed by atoms with Gasteiger partial charge in [0, 0.05) is 17.1 Å². The van der Waals surface area contributed by atoms with Crippen molar-refractivity contribution >= 4 is 17.3 Å². The van der Waals surface area contributed by atoms with Crippen molar-refractivity contribution < 1.29 is 9.32 Å². The van der Waals surface area contributed by atoms with Crippen molar-refractivity contribution in [3.05, 3.63) is 58.8 Å². The Labute approximate surface area is 182 Å². The van der Waals surface area contributed by atoms with Crippen LogP contribution >= 0.6 is 11.6 Å².